The summed E-state index contributed by atoms with van der Waals surface area (Å²) in [6, 6.07) is 17.4. The number of amides is 2. The van der Waals surface area contributed by atoms with Crippen molar-refractivity contribution in [3.05, 3.63) is 82.7 Å². The summed E-state index contributed by atoms with van der Waals surface area (Å²) in [7, 11) is 3.12. The van der Waals surface area contributed by atoms with Gasteiger partial charge in [-0.05, 0) is 37.6 Å². The Morgan fingerprint density at radius 3 is 1.91 bits per heavy atom. The van der Waals surface area contributed by atoms with Gasteiger partial charge in [0.25, 0.3) is 11.8 Å². The number of carbonyl (C=O) groups is 2. The molecule has 0 aliphatic carbocycles. The molecular formula is C27H31N3O4. The first-order valence-electron chi connectivity index (χ1n) is 11.4. The van der Waals surface area contributed by atoms with Crippen molar-refractivity contribution in [2.75, 3.05) is 40.4 Å². The normalized spacial score (nSPS) is 13.6. The first kappa shape index (κ1) is 23.4. The Labute approximate surface area is 200 Å². The molecule has 7 heteroatoms. The van der Waals surface area contributed by atoms with Crippen LogP contribution in [-0.4, -0.2) is 66.6 Å². The fourth-order valence-electron chi connectivity index (χ4n) is 4.42. The lowest BCUT2D eigenvalue weighted by atomic mass is 10.1. The van der Waals surface area contributed by atoms with Crippen LogP contribution in [0.3, 0.4) is 0 Å². The van der Waals surface area contributed by atoms with E-state index in [-0.39, 0.29) is 11.8 Å². The van der Waals surface area contributed by atoms with Crippen LogP contribution in [0.2, 0.25) is 0 Å². The molecule has 0 unspecified atom stereocenters. The maximum absolute atomic E-state index is 13.3. The van der Waals surface area contributed by atoms with Gasteiger partial charge in [0.2, 0.25) is 0 Å². The Hall–Kier alpha value is -3.74. The van der Waals surface area contributed by atoms with Gasteiger partial charge in [-0.25, -0.2) is 0 Å². The fourth-order valence-corrected chi connectivity index (χ4v) is 4.42. The molecular weight excluding hydrogens is 430 g/mol. The number of hydrogen-bond donors (Lipinski definition) is 0. The second-order valence-corrected chi connectivity index (χ2v) is 8.54. The van der Waals surface area contributed by atoms with Crippen LogP contribution in [0.5, 0.6) is 11.5 Å². The van der Waals surface area contributed by atoms with Crippen molar-refractivity contribution in [2.24, 2.45) is 0 Å². The number of benzene rings is 2. The van der Waals surface area contributed by atoms with Crippen LogP contribution >= 0.6 is 0 Å². The number of piperazine rings is 1. The molecule has 7 nitrogen and oxygen atoms in total. The highest BCUT2D eigenvalue weighted by atomic mass is 16.5. The lowest BCUT2D eigenvalue weighted by molar-refractivity contribution is 0.0534. The van der Waals surface area contributed by atoms with Gasteiger partial charge >= 0.3 is 0 Å². The van der Waals surface area contributed by atoms with Crippen molar-refractivity contribution in [3.8, 4) is 11.5 Å². The topological polar surface area (TPSA) is 64.0 Å². The van der Waals surface area contributed by atoms with Gasteiger partial charge in [0.1, 0.15) is 11.5 Å². The Kier molecular flexibility index (Phi) is 6.91. The van der Waals surface area contributed by atoms with Crippen LogP contribution in [0, 0.1) is 13.8 Å². The van der Waals surface area contributed by atoms with E-state index in [1.54, 1.807) is 37.3 Å². The molecule has 0 atom stereocenters. The first-order valence-corrected chi connectivity index (χ1v) is 11.4. The molecule has 1 aliphatic heterocycles. The van der Waals surface area contributed by atoms with Gasteiger partial charge < -0.3 is 23.8 Å². The Balaban J connectivity index is 1.43. The molecule has 34 heavy (non-hydrogen) atoms. The number of aryl methyl sites for hydroxylation is 1. The molecule has 0 bridgehead atoms. The molecule has 0 radical (unpaired) electrons. The number of nitrogens with zero attached hydrogens (tertiary/aromatic N) is 3. The van der Waals surface area contributed by atoms with E-state index in [4.69, 9.17) is 9.47 Å². The number of rotatable bonds is 6. The maximum atomic E-state index is 13.3. The van der Waals surface area contributed by atoms with Crippen molar-refractivity contribution in [3.63, 3.8) is 0 Å². The highest BCUT2D eigenvalue weighted by Crippen LogP contribution is 2.24. The molecule has 178 valence electrons. The van der Waals surface area contributed by atoms with E-state index in [9.17, 15) is 9.59 Å². The lowest BCUT2D eigenvalue weighted by Gasteiger charge is -2.35. The number of aromatic nitrogens is 1. The fraction of sp³-hybridized carbons (Fsp3) is 0.333. The van der Waals surface area contributed by atoms with Crippen LogP contribution in [0.4, 0.5) is 0 Å². The molecule has 2 amide bonds. The SMILES string of the molecule is COc1cc(OC)cc(C(=O)N2CCN(C(=O)c3cc(C)n(Cc4ccccc4)c3C)CC2)c1. The van der Waals surface area contributed by atoms with Gasteiger partial charge in [-0.1, -0.05) is 30.3 Å². The summed E-state index contributed by atoms with van der Waals surface area (Å²) in [5, 5.41) is 0. The zero-order valence-electron chi connectivity index (χ0n) is 20.2. The quantitative estimate of drug-likeness (QED) is 0.561. The smallest absolute Gasteiger partial charge is 0.255 e. The standard InChI is InChI=1S/C27H31N3O4/c1-19-14-25(20(2)30(19)18-21-8-6-5-7-9-21)27(32)29-12-10-28(11-13-29)26(31)22-15-23(33-3)17-24(16-22)34-4/h5-9,14-17H,10-13,18H2,1-4H3. The van der Waals surface area contributed by atoms with E-state index in [0.717, 1.165) is 23.5 Å². The Morgan fingerprint density at radius 2 is 1.35 bits per heavy atom. The van der Waals surface area contributed by atoms with Crippen LogP contribution in [0.1, 0.15) is 37.7 Å². The van der Waals surface area contributed by atoms with Crippen molar-refractivity contribution in [2.45, 2.75) is 20.4 Å². The molecule has 2 heterocycles. The zero-order valence-corrected chi connectivity index (χ0v) is 20.2. The Bertz CT molecular complexity index is 1160. The van der Waals surface area contributed by atoms with Gasteiger partial charge in [-0.15, -0.1) is 0 Å². The summed E-state index contributed by atoms with van der Waals surface area (Å²) >= 11 is 0. The molecule has 0 spiro atoms. The van der Waals surface area contributed by atoms with E-state index < -0.39 is 0 Å². The number of hydrogen-bond acceptors (Lipinski definition) is 4. The molecule has 1 saturated heterocycles. The largest absolute Gasteiger partial charge is 0.497 e. The Morgan fingerprint density at radius 1 is 0.794 bits per heavy atom. The second-order valence-electron chi connectivity index (χ2n) is 8.54. The minimum atomic E-state index is -0.0923. The molecule has 2 aromatic carbocycles. The molecule has 0 saturated carbocycles. The van der Waals surface area contributed by atoms with E-state index in [1.807, 2.05) is 43.0 Å². The monoisotopic (exact) mass is 461 g/mol. The predicted octanol–water partition coefficient (Wildman–Crippen LogP) is 3.77. The van der Waals surface area contributed by atoms with Crippen molar-refractivity contribution in [1.29, 1.82) is 0 Å². The maximum Gasteiger partial charge on any atom is 0.255 e. The molecule has 0 N–H and O–H groups in total. The third-order valence-corrected chi connectivity index (χ3v) is 6.44. The summed E-state index contributed by atoms with van der Waals surface area (Å²) in [6.07, 6.45) is 0. The lowest BCUT2D eigenvalue weighted by Crippen LogP contribution is -2.50. The van der Waals surface area contributed by atoms with Crippen LogP contribution < -0.4 is 9.47 Å². The molecule has 1 fully saturated rings. The molecule has 1 aromatic heterocycles. The second kappa shape index (κ2) is 10.0. The van der Waals surface area contributed by atoms with E-state index in [1.165, 1.54) is 5.56 Å². The highest BCUT2D eigenvalue weighted by Gasteiger charge is 2.28. The molecule has 3 aromatic rings. The number of ether oxygens (including phenoxy) is 2. The minimum absolute atomic E-state index is 0.0163. The first-order chi connectivity index (χ1) is 16.4. The predicted molar refractivity (Wildman–Crippen MR) is 131 cm³/mol. The average molecular weight is 462 g/mol. The minimum Gasteiger partial charge on any atom is -0.497 e. The third-order valence-electron chi connectivity index (χ3n) is 6.44. The summed E-state index contributed by atoms with van der Waals surface area (Å²) in [5.74, 6) is 1.07. The van der Waals surface area contributed by atoms with Crippen molar-refractivity contribution in [1.82, 2.24) is 14.4 Å². The third kappa shape index (κ3) is 4.78. The van der Waals surface area contributed by atoms with Crippen LogP contribution in [0.15, 0.2) is 54.6 Å². The average Bonchev–Trinajstić information content (AvgIpc) is 3.16. The number of methoxy groups -OCH3 is 2. The van der Waals surface area contributed by atoms with Crippen molar-refractivity contribution < 1.29 is 19.1 Å². The molecule has 1 aliphatic rings. The summed E-state index contributed by atoms with van der Waals surface area (Å²) in [6.45, 7) is 6.71. The van der Waals surface area contributed by atoms with E-state index in [0.29, 0.717) is 43.2 Å². The van der Waals surface area contributed by atoms with E-state index >= 15 is 0 Å². The summed E-state index contributed by atoms with van der Waals surface area (Å²) in [5.41, 5.74) is 4.47. The van der Waals surface area contributed by atoms with E-state index in [2.05, 4.69) is 16.7 Å². The van der Waals surface area contributed by atoms with Crippen LogP contribution in [0.25, 0.3) is 0 Å². The van der Waals surface area contributed by atoms with Gasteiger partial charge in [0.15, 0.2) is 0 Å². The molecule has 4 rings (SSSR count). The van der Waals surface area contributed by atoms with Gasteiger partial charge in [0, 0.05) is 55.7 Å². The summed E-state index contributed by atoms with van der Waals surface area (Å²) in [4.78, 5) is 30.0. The van der Waals surface area contributed by atoms with Gasteiger partial charge in [0.05, 0.1) is 19.8 Å². The highest BCUT2D eigenvalue weighted by molar-refractivity contribution is 5.97. The van der Waals surface area contributed by atoms with Gasteiger partial charge in [-0.2, -0.15) is 0 Å². The summed E-state index contributed by atoms with van der Waals surface area (Å²) < 4.78 is 12.8. The van der Waals surface area contributed by atoms with Crippen LogP contribution in [-0.2, 0) is 6.54 Å². The zero-order chi connectivity index (χ0) is 24.2. The van der Waals surface area contributed by atoms with Crippen molar-refractivity contribution >= 4 is 11.8 Å². The van der Waals surface area contributed by atoms with Gasteiger partial charge in [-0.3, -0.25) is 9.59 Å². The number of carbonyl (C=O) groups excluding carboxylic acids is 2.